The van der Waals surface area contributed by atoms with E-state index in [-0.39, 0.29) is 10.6 Å². The van der Waals surface area contributed by atoms with Crippen LogP contribution in [0.3, 0.4) is 0 Å². The van der Waals surface area contributed by atoms with E-state index < -0.39 is 15.8 Å². The van der Waals surface area contributed by atoms with Gasteiger partial charge >= 0.3 is 0 Å². The minimum atomic E-state index is -3.76. The normalized spacial score (nSPS) is 11.3. The first kappa shape index (κ1) is 13.4. The number of benzene rings is 2. The molecule has 0 aliphatic rings. The van der Waals surface area contributed by atoms with Gasteiger partial charge in [0.05, 0.1) is 10.6 Å². The van der Waals surface area contributed by atoms with E-state index >= 15 is 0 Å². The molecule has 0 saturated carbocycles. The number of hydrogen-bond acceptors (Lipinski definition) is 3. The molecule has 0 spiro atoms. The molecule has 6 heteroatoms. The number of anilines is 1. The first-order valence-electron chi connectivity index (χ1n) is 5.46. The summed E-state index contributed by atoms with van der Waals surface area (Å²) < 4.78 is 39.3. The van der Waals surface area contributed by atoms with E-state index in [0.29, 0.717) is 11.3 Å². The molecule has 0 heterocycles. The monoisotopic (exact) mass is 281 g/mol. The molecular weight excluding hydrogens is 269 g/mol. The van der Waals surface area contributed by atoms with Crippen molar-refractivity contribution in [1.82, 2.24) is 0 Å². The molecule has 2 N–H and O–H groups in total. The van der Waals surface area contributed by atoms with Crippen LogP contribution >= 0.6 is 0 Å². The molecule has 2 aromatic carbocycles. The molecule has 0 amide bonds. The van der Waals surface area contributed by atoms with Gasteiger partial charge in [-0.15, -0.1) is 0 Å². The minimum absolute atomic E-state index is 0.0265. The van der Waals surface area contributed by atoms with Crippen LogP contribution in [0.1, 0.15) is 5.56 Å². The first-order chi connectivity index (χ1) is 8.88. The summed E-state index contributed by atoms with van der Waals surface area (Å²) in [6.07, 6.45) is 0. The van der Waals surface area contributed by atoms with Crippen LogP contribution in [0.15, 0.2) is 47.4 Å². The zero-order chi connectivity index (χ0) is 14.0. The lowest BCUT2D eigenvalue weighted by Crippen LogP contribution is -2.13. The van der Waals surface area contributed by atoms with Gasteiger partial charge in [-0.25, -0.2) is 12.8 Å². The van der Waals surface area contributed by atoms with Crippen molar-refractivity contribution in [3.05, 3.63) is 53.8 Å². The molecular formula is C13H12FNO3S. The number of phenolic OH excluding ortho intramolecular Hbond substituents is 1. The van der Waals surface area contributed by atoms with Gasteiger partial charge in [0.15, 0.2) is 0 Å². The highest BCUT2D eigenvalue weighted by atomic mass is 32.2. The zero-order valence-electron chi connectivity index (χ0n) is 10.1. The van der Waals surface area contributed by atoms with Gasteiger partial charge in [-0.1, -0.05) is 0 Å². The quantitative estimate of drug-likeness (QED) is 0.850. The van der Waals surface area contributed by atoms with Gasteiger partial charge in [0.1, 0.15) is 11.6 Å². The summed E-state index contributed by atoms with van der Waals surface area (Å²) in [5.41, 5.74) is 0.952. The Bertz CT molecular complexity index is 696. The summed E-state index contributed by atoms with van der Waals surface area (Å²) in [6, 6.07) is 8.83. The van der Waals surface area contributed by atoms with Crippen LogP contribution in [-0.4, -0.2) is 13.5 Å². The van der Waals surface area contributed by atoms with Crippen molar-refractivity contribution in [1.29, 1.82) is 0 Å². The SMILES string of the molecule is Cc1cc(O)ccc1NS(=O)(=O)c1ccc(F)cc1. The van der Waals surface area contributed by atoms with Crippen LogP contribution in [-0.2, 0) is 10.0 Å². The second-order valence-electron chi connectivity index (χ2n) is 4.06. The van der Waals surface area contributed by atoms with Crippen molar-refractivity contribution < 1.29 is 17.9 Å². The summed E-state index contributed by atoms with van der Waals surface area (Å²) in [6.45, 7) is 1.67. The van der Waals surface area contributed by atoms with Crippen LogP contribution < -0.4 is 4.72 Å². The predicted octanol–water partition coefficient (Wildman–Crippen LogP) is 2.64. The maximum atomic E-state index is 12.8. The molecule has 2 aromatic rings. The van der Waals surface area contributed by atoms with Crippen molar-refractivity contribution in [2.24, 2.45) is 0 Å². The predicted molar refractivity (Wildman–Crippen MR) is 70.1 cm³/mol. The number of rotatable bonds is 3. The van der Waals surface area contributed by atoms with Crippen molar-refractivity contribution >= 4 is 15.7 Å². The molecule has 0 atom stereocenters. The summed E-state index contributed by atoms with van der Waals surface area (Å²) in [7, 11) is -3.76. The lowest BCUT2D eigenvalue weighted by molar-refractivity contribution is 0.475. The van der Waals surface area contributed by atoms with Crippen LogP contribution in [0.25, 0.3) is 0 Å². The molecule has 2 rings (SSSR count). The third kappa shape index (κ3) is 3.03. The number of halogens is 1. The third-order valence-corrected chi connectivity index (χ3v) is 3.96. The Hall–Kier alpha value is -2.08. The van der Waals surface area contributed by atoms with Crippen LogP contribution in [0.5, 0.6) is 5.75 Å². The number of nitrogens with one attached hydrogen (secondary N) is 1. The topological polar surface area (TPSA) is 66.4 Å². The van der Waals surface area contributed by atoms with Crippen molar-refractivity contribution in [2.45, 2.75) is 11.8 Å². The Labute approximate surface area is 110 Å². The van der Waals surface area contributed by atoms with E-state index in [1.165, 1.54) is 30.3 Å². The Balaban J connectivity index is 2.33. The second-order valence-corrected chi connectivity index (χ2v) is 5.74. The number of sulfonamides is 1. The highest BCUT2D eigenvalue weighted by Gasteiger charge is 2.15. The molecule has 0 bridgehead atoms. The van der Waals surface area contributed by atoms with Crippen molar-refractivity contribution in [3.63, 3.8) is 0 Å². The van der Waals surface area contributed by atoms with Crippen LogP contribution in [0.2, 0.25) is 0 Å². The Morgan fingerprint density at radius 2 is 1.74 bits per heavy atom. The zero-order valence-corrected chi connectivity index (χ0v) is 10.9. The highest BCUT2D eigenvalue weighted by molar-refractivity contribution is 7.92. The van der Waals surface area contributed by atoms with Gasteiger partial charge in [-0.2, -0.15) is 0 Å². The molecule has 0 saturated heterocycles. The fourth-order valence-corrected chi connectivity index (χ4v) is 2.71. The number of phenols is 1. The number of aromatic hydroxyl groups is 1. The van der Waals surface area contributed by atoms with E-state index in [4.69, 9.17) is 0 Å². The highest BCUT2D eigenvalue weighted by Crippen LogP contribution is 2.23. The van der Waals surface area contributed by atoms with E-state index in [2.05, 4.69) is 4.72 Å². The van der Waals surface area contributed by atoms with Gasteiger partial charge in [0, 0.05) is 0 Å². The standard InChI is InChI=1S/C13H12FNO3S/c1-9-8-11(16)4-7-13(9)15-19(17,18)12-5-2-10(14)3-6-12/h2-8,15-16H,1H3. The fourth-order valence-electron chi connectivity index (χ4n) is 1.58. The summed E-state index contributed by atoms with van der Waals surface area (Å²) >= 11 is 0. The van der Waals surface area contributed by atoms with Crippen molar-refractivity contribution in [2.75, 3.05) is 4.72 Å². The Kier molecular flexibility index (Phi) is 3.44. The van der Waals surface area contributed by atoms with Crippen LogP contribution in [0, 0.1) is 12.7 Å². The molecule has 0 aromatic heterocycles. The lowest BCUT2D eigenvalue weighted by Gasteiger charge is -2.10. The Morgan fingerprint density at radius 1 is 1.11 bits per heavy atom. The Morgan fingerprint density at radius 3 is 2.32 bits per heavy atom. The van der Waals surface area contributed by atoms with E-state index in [0.717, 1.165) is 12.1 Å². The van der Waals surface area contributed by atoms with Crippen LogP contribution in [0.4, 0.5) is 10.1 Å². The number of hydrogen-bond donors (Lipinski definition) is 2. The van der Waals surface area contributed by atoms with Gasteiger partial charge in [0.25, 0.3) is 10.0 Å². The molecule has 0 radical (unpaired) electrons. The summed E-state index contributed by atoms with van der Waals surface area (Å²) in [5.74, 6) is -0.443. The summed E-state index contributed by atoms with van der Waals surface area (Å²) in [4.78, 5) is -0.0265. The third-order valence-electron chi connectivity index (χ3n) is 2.58. The molecule has 100 valence electrons. The maximum Gasteiger partial charge on any atom is 0.261 e. The van der Waals surface area contributed by atoms with Gasteiger partial charge in [-0.3, -0.25) is 4.72 Å². The van der Waals surface area contributed by atoms with Gasteiger partial charge in [0.2, 0.25) is 0 Å². The molecule has 0 aliphatic heterocycles. The molecule has 0 aliphatic carbocycles. The number of aryl methyl sites for hydroxylation is 1. The lowest BCUT2D eigenvalue weighted by atomic mass is 10.2. The minimum Gasteiger partial charge on any atom is -0.508 e. The smallest absolute Gasteiger partial charge is 0.261 e. The van der Waals surface area contributed by atoms with E-state index in [9.17, 15) is 17.9 Å². The first-order valence-corrected chi connectivity index (χ1v) is 6.95. The van der Waals surface area contributed by atoms with Gasteiger partial charge in [-0.05, 0) is 55.0 Å². The summed E-state index contributed by atoms with van der Waals surface area (Å²) in [5, 5.41) is 9.26. The maximum absolute atomic E-state index is 12.8. The molecule has 19 heavy (non-hydrogen) atoms. The average molecular weight is 281 g/mol. The largest absolute Gasteiger partial charge is 0.508 e. The molecule has 0 fully saturated rings. The molecule has 4 nitrogen and oxygen atoms in total. The van der Waals surface area contributed by atoms with Crippen molar-refractivity contribution in [3.8, 4) is 5.75 Å². The van der Waals surface area contributed by atoms with E-state index in [1.54, 1.807) is 6.92 Å². The average Bonchev–Trinajstić information content (AvgIpc) is 2.33. The van der Waals surface area contributed by atoms with Gasteiger partial charge < -0.3 is 5.11 Å². The fraction of sp³-hybridized carbons (Fsp3) is 0.0769. The molecule has 0 unspecified atom stereocenters. The second kappa shape index (κ2) is 4.89. The van der Waals surface area contributed by atoms with E-state index in [1.807, 2.05) is 0 Å².